The zero-order valence-electron chi connectivity index (χ0n) is 17.6. The summed E-state index contributed by atoms with van der Waals surface area (Å²) in [4.78, 5) is 7.23. The molecule has 1 atom stereocenters. The molecule has 6 nitrogen and oxygen atoms in total. The van der Waals surface area contributed by atoms with E-state index in [1.807, 2.05) is 0 Å². The Hall–Kier alpha value is -0.120. The van der Waals surface area contributed by atoms with Crippen LogP contribution in [-0.2, 0) is 9.47 Å². The van der Waals surface area contributed by atoms with Crippen LogP contribution in [0.15, 0.2) is 4.99 Å². The maximum Gasteiger partial charge on any atom is 0.191 e. The Kier molecular flexibility index (Phi) is 13.9. The third kappa shape index (κ3) is 10.3. The summed E-state index contributed by atoms with van der Waals surface area (Å²) in [5.41, 5.74) is 0.0879. The molecule has 7 heteroatoms. The molecule has 1 aliphatic rings. The monoisotopic (exact) mass is 484 g/mol. The standard InChI is InChI=1S/C19H40N4O2.HI/c1-7-20-18(22-15-17(25-6)19(2,3)4)21-14-16-8-10-23(11-9-16)12-13-24-5;/h16-17H,7-15H2,1-6H3,(H2,20,21,22);1H. The van der Waals surface area contributed by atoms with Gasteiger partial charge >= 0.3 is 0 Å². The van der Waals surface area contributed by atoms with Crippen LogP contribution in [0.4, 0.5) is 0 Å². The van der Waals surface area contributed by atoms with Crippen LogP contribution in [0.25, 0.3) is 0 Å². The summed E-state index contributed by atoms with van der Waals surface area (Å²) in [6, 6.07) is 0. The van der Waals surface area contributed by atoms with Gasteiger partial charge in [0.1, 0.15) is 0 Å². The summed E-state index contributed by atoms with van der Waals surface area (Å²) in [5.74, 6) is 1.61. The molecule has 1 rings (SSSR count). The number of piperidine rings is 1. The maximum atomic E-state index is 5.60. The van der Waals surface area contributed by atoms with Gasteiger partial charge in [0.2, 0.25) is 0 Å². The molecule has 0 aromatic carbocycles. The molecule has 0 aliphatic carbocycles. The zero-order chi connectivity index (χ0) is 18.7. The minimum absolute atomic E-state index is 0. The first-order chi connectivity index (χ1) is 11.9. The number of methoxy groups -OCH3 is 2. The van der Waals surface area contributed by atoms with Crippen LogP contribution in [0.5, 0.6) is 0 Å². The van der Waals surface area contributed by atoms with Crippen LogP contribution < -0.4 is 10.6 Å². The van der Waals surface area contributed by atoms with Gasteiger partial charge in [-0.05, 0) is 44.2 Å². The van der Waals surface area contributed by atoms with Gasteiger partial charge in [-0.2, -0.15) is 0 Å². The van der Waals surface area contributed by atoms with E-state index in [1.54, 1.807) is 14.2 Å². The molecule has 156 valence electrons. The largest absolute Gasteiger partial charge is 0.383 e. The van der Waals surface area contributed by atoms with Crippen molar-refractivity contribution in [2.45, 2.75) is 46.6 Å². The van der Waals surface area contributed by atoms with Crippen LogP contribution in [-0.4, -0.2) is 77.1 Å². The lowest BCUT2D eigenvalue weighted by atomic mass is 9.89. The first-order valence-electron chi connectivity index (χ1n) is 9.67. The van der Waals surface area contributed by atoms with Crippen molar-refractivity contribution in [3.05, 3.63) is 0 Å². The molecule has 1 unspecified atom stereocenters. The van der Waals surface area contributed by atoms with Crippen LogP contribution in [0.2, 0.25) is 0 Å². The Morgan fingerprint density at radius 1 is 1.19 bits per heavy atom. The van der Waals surface area contributed by atoms with Crippen LogP contribution in [0.3, 0.4) is 0 Å². The fourth-order valence-electron chi connectivity index (χ4n) is 3.09. The molecular weight excluding hydrogens is 443 g/mol. The minimum atomic E-state index is 0. The van der Waals surface area contributed by atoms with Crippen molar-refractivity contribution in [2.75, 3.05) is 60.1 Å². The Bertz CT molecular complexity index is 380. The Balaban J connectivity index is 0.00000625. The van der Waals surface area contributed by atoms with Gasteiger partial charge in [0.25, 0.3) is 0 Å². The summed E-state index contributed by atoms with van der Waals surface area (Å²) >= 11 is 0. The summed E-state index contributed by atoms with van der Waals surface area (Å²) in [6.07, 6.45) is 2.59. The van der Waals surface area contributed by atoms with Gasteiger partial charge in [-0.25, -0.2) is 0 Å². The molecular formula is C19H41IN4O2. The third-order valence-electron chi connectivity index (χ3n) is 4.89. The number of aliphatic imine (C=N–C) groups is 1. The normalized spacial score (nSPS) is 18.3. The fourth-order valence-corrected chi connectivity index (χ4v) is 3.09. The lowest BCUT2D eigenvalue weighted by Crippen LogP contribution is -2.44. The summed E-state index contributed by atoms with van der Waals surface area (Å²) in [6.45, 7) is 15.4. The van der Waals surface area contributed by atoms with Gasteiger partial charge in [0, 0.05) is 33.9 Å². The lowest BCUT2D eigenvalue weighted by Gasteiger charge is -2.32. The van der Waals surface area contributed by atoms with E-state index < -0.39 is 0 Å². The molecule has 0 saturated carbocycles. The lowest BCUT2D eigenvalue weighted by molar-refractivity contribution is 0.0241. The van der Waals surface area contributed by atoms with Gasteiger partial charge in [0.15, 0.2) is 5.96 Å². The van der Waals surface area contributed by atoms with E-state index in [-0.39, 0.29) is 35.5 Å². The number of nitrogens with zero attached hydrogens (tertiary/aromatic N) is 2. The number of nitrogens with one attached hydrogen (secondary N) is 2. The van der Waals surface area contributed by atoms with E-state index in [0.29, 0.717) is 12.5 Å². The van der Waals surface area contributed by atoms with Gasteiger partial charge in [-0.1, -0.05) is 20.8 Å². The van der Waals surface area contributed by atoms with Crippen LogP contribution in [0, 0.1) is 11.3 Å². The molecule has 0 radical (unpaired) electrons. The van der Waals surface area contributed by atoms with E-state index in [0.717, 1.165) is 32.2 Å². The van der Waals surface area contributed by atoms with Crippen LogP contribution >= 0.6 is 24.0 Å². The van der Waals surface area contributed by atoms with E-state index in [4.69, 9.17) is 14.5 Å². The zero-order valence-corrected chi connectivity index (χ0v) is 20.0. The maximum absolute atomic E-state index is 5.60. The summed E-state index contributed by atoms with van der Waals surface area (Å²) < 4.78 is 10.8. The molecule has 1 fully saturated rings. The number of hydrogen-bond acceptors (Lipinski definition) is 4. The molecule has 0 aromatic heterocycles. The number of rotatable bonds is 9. The van der Waals surface area contributed by atoms with Crippen molar-refractivity contribution in [3.8, 4) is 0 Å². The van der Waals surface area contributed by atoms with Crippen molar-refractivity contribution in [2.24, 2.45) is 16.3 Å². The van der Waals surface area contributed by atoms with E-state index in [9.17, 15) is 0 Å². The second kappa shape index (κ2) is 14.0. The quantitative estimate of drug-likeness (QED) is 0.299. The second-order valence-electron chi connectivity index (χ2n) is 7.97. The van der Waals surface area contributed by atoms with E-state index >= 15 is 0 Å². The number of guanidine groups is 1. The number of hydrogen-bond donors (Lipinski definition) is 2. The van der Waals surface area contributed by atoms with Gasteiger partial charge in [-0.3, -0.25) is 4.99 Å². The third-order valence-corrected chi connectivity index (χ3v) is 4.89. The Labute approximate surface area is 177 Å². The molecule has 0 amide bonds. The van der Waals surface area contributed by atoms with Crippen molar-refractivity contribution in [3.63, 3.8) is 0 Å². The second-order valence-corrected chi connectivity index (χ2v) is 7.97. The topological polar surface area (TPSA) is 58.1 Å². The highest BCUT2D eigenvalue weighted by Crippen LogP contribution is 2.22. The van der Waals surface area contributed by atoms with Gasteiger partial charge < -0.3 is 25.0 Å². The number of ether oxygens (including phenoxy) is 2. The molecule has 0 spiro atoms. The predicted octanol–water partition coefficient (Wildman–Crippen LogP) is 2.58. The summed E-state index contributed by atoms with van der Waals surface area (Å²) in [5, 5.41) is 6.87. The fraction of sp³-hybridized carbons (Fsp3) is 0.947. The molecule has 0 aromatic rings. The summed E-state index contributed by atoms with van der Waals surface area (Å²) in [7, 11) is 3.54. The SMILES string of the molecule is CCNC(=NCC(OC)C(C)(C)C)NCC1CCN(CCOC)CC1.I. The number of halogens is 1. The average Bonchev–Trinajstić information content (AvgIpc) is 2.58. The van der Waals surface area contributed by atoms with Crippen molar-refractivity contribution in [1.82, 2.24) is 15.5 Å². The average molecular weight is 484 g/mol. The molecule has 0 bridgehead atoms. The Morgan fingerprint density at radius 2 is 1.85 bits per heavy atom. The highest BCUT2D eigenvalue weighted by molar-refractivity contribution is 14.0. The van der Waals surface area contributed by atoms with E-state index in [2.05, 4.69) is 43.2 Å². The smallest absolute Gasteiger partial charge is 0.191 e. The molecule has 1 saturated heterocycles. The van der Waals surface area contributed by atoms with Crippen molar-refractivity contribution < 1.29 is 9.47 Å². The van der Waals surface area contributed by atoms with Crippen molar-refractivity contribution in [1.29, 1.82) is 0 Å². The first-order valence-corrected chi connectivity index (χ1v) is 9.67. The Morgan fingerprint density at radius 3 is 2.35 bits per heavy atom. The minimum Gasteiger partial charge on any atom is -0.383 e. The molecule has 1 heterocycles. The van der Waals surface area contributed by atoms with E-state index in [1.165, 1.54) is 25.9 Å². The molecule has 26 heavy (non-hydrogen) atoms. The van der Waals surface area contributed by atoms with Gasteiger partial charge in [0.05, 0.1) is 19.3 Å². The molecule has 2 N–H and O–H groups in total. The first kappa shape index (κ1) is 25.9. The highest BCUT2D eigenvalue weighted by atomic mass is 127. The van der Waals surface area contributed by atoms with Crippen LogP contribution in [0.1, 0.15) is 40.5 Å². The predicted molar refractivity (Wildman–Crippen MR) is 121 cm³/mol. The molecule has 1 aliphatic heterocycles. The number of likely N-dealkylation sites (tertiary alicyclic amines) is 1. The van der Waals surface area contributed by atoms with Gasteiger partial charge in [-0.15, -0.1) is 24.0 Å². The van der Waals surface area contributed by atoms with Crippen molar-refractivity contribution >= 4 is 29.9 Å². The highest BCUT2D eigenvalue weighted by Gasteiger charge is 2.24.